The van der Waals surface area contributed by atoms with Crippen molar-refractivity contribution in [3.63, 3.8) is 0 Å². The first kappa shape index (κ1) is 20.9. The topological polar surface area (TPSA) is 116 Å². The summed E-state index contributed by atoms with van der Waals surface area (Å²) in [6, 6.07) is 12.0. The summed E-state index contributed by atoms with van der Waals surface area (Å²) < 4.78 is 5.15. The number of carbonyl (C=O) groups is 3. The number of phenolic OH excluding ortho intramolecular Hbond substituents is 1. The molecule has 0 spiro atoms. The van der Waals surface area contributed by atoms with Crippen molar-refractivity contribution in [1.82, 2.24) is 10.2 Å². The lowest BCUT2D eigenvalue weighted by Gasteiger charge is -2.25. The molecule has 0 aromatic heterocycles. The van der Waals surface area contributed by atoms with Crippen LogP contribution in [-0.4, -0.2) is 52.9 Å². The Balaban J connectivity index is 2.13. The number of nitrogens with one attached hydrogen (secondary N) is 1. The summed E-state index contributed by atoms with van der Waals surface area (Å²) in [6.45, 7) is 1.55. The predicted molar refractivity (Wildman–Crippen MR) is 109 cm³/mol. The molecular weight excluding hydrogens is 388 g/mol. The number of rotatable bonds is 6. The molecule has 0 bridgehead atoms. The summed E-state index contributed by atoms with van der Waals surface area (Å²) in [5.74, 6) is -2.10. The standard InChI is InChI=1S/C22H22N2O6/c1-13(25)23-10-11-24-19(15-8-9-16(26)17(12-15)30-2)18(21(28)22(24)29)20(27)14-6-4-3-5-7-14/h3-9,12,19,26-27H,10-11H2,1-2H3,(H,23,25)/b20-18+. The van der Waals surface area contributed by atoms with E-state index >= 15 is 0 Å². The molecule has 2 amide bonds. The van der Waals surface area contributed by atoms with Gasteiger partial charge in [0.1, 0.15) is 5.76 Å². The Morgan fingerprint density at radius 2 is 1.87 bits per heavy atom. The molecule has 8 nitrogen and oxygen atoms in total. The third-order valence-corrected chi connectivity index (χ3v) is 4.83. The third-order valence-electron chi connectivity index (χ3n) is 4.83. The number of carbonyl (C=O) groups excluding carboxylic acids is 3. The monoisotopic (exact) mass is 410 g/mol. The average molecular weight is 410 g/mol. The largest absolute Gasteiger partial charge is 0.507 e. The van der Waals surface area contributed by atoms with Gasteiger partial charge in [-0.1, -0.05) is 36.4 Å². The Morgan fingerprint density at radius 3 is 2.50 bits per heavy atom. The van der Waals surface area contributed by atoms with Crippen molar-refractivity contribution in [1.29, 1.82) is 0 Å². The summed E-state index contributed by atoms with van der Waals surface area (Å²) in [5.41, 5.74) is 0.805. The maximum atomic E-state index is 12.9. The van der Waals surface area contributed by atoms with E-state index < -0.39 is 17.7 Å². The van der Waals surface area contributed by atoms with Gasteiger partial charge >= 0.3 is 0 Å². The lowest BCUT2D eigenvalue weighted by Crippen LogP contribution is -2.37. The number of Topliss-reactive ketones (excluding diaryl/α,β-unsaturated/α-hetero) is 1. The molecular formula is C22H22N2O6. The molecule has 1 aliphatic rings. The number of likely N-dealkylation sites (tertiary alicyclic amines) is 1. The minimum absolute atomic E-state index is 0.0591. The molecule has 2 aromatic rings. The fraction of sp³-hybridized carbons (Fsp3) is 0.227. The van der Waals surface area contributed by atoms with Gasteiger partial charge in [0.2, 0.25) is 5.91 Å². The van der Waals surface area contributed by atoms with Gasteiger partial charge in [0.15, 0.2) is 11.5 Å². The number of benzene rings is 2. The summed E-state index contributed by atoms with van der Waals surface area (Å²) in [7, 11) is 1.39. The Morgan fingerprint density at radius 1 is 1.17 bits per heavy atom. The maximum absolute atomic E-state index is 12.9. The number of amides is 2. The Hall–Kier alpha value is -3.81. The van der Waals surface area contributed by atoms with Crippen LogP contribution >= 0.6 is 0 Å². The minimum atomic E-state index is -0.909. The Labute approximate surface area is 173 Å². The second-order valence-electron chi connectivity index (χ2n) is 6.77. The maximum Gasteiger partial charge on any atom is 0.295 e. The first-order valence-electron chi connectivity index (χ1n) is 9.30. The second-order valence-corrected chi connectivity index (χ2v) is 6.77. The molecule has 30 heavy (non-hydrogen) atoms. The molecule has 3 N–H and O–H groups in total. The highest BCUT2D eigenvalue weighted by Crippen LogP contribution is 2.41. The summed E-state index contributed by atoms with van der Waals surface area (Å²) >= 11 is 0. The number of phenols is 1. The number of aliphatic hydroxyl groups excluding tert-OH is 1. The zero-order chi connectivity index (χ0) is 21.8. The van der Waals surface area contributed by atoms with Crippen LogP contribution in [0.4, 0.5) is 0 Å². The molecule has 8 heteroatoms. The van der Waals surface area contributed by atoms with Gasteiger partial charge in [-0.3, -0.25) is 14.4 Å². The number of aromatic hydroxyl groups is 1. The molecule has 1 unspecified atom stereocenters. The normalized spacial score (nSPS) is 17.8. The van der Waals surface area contributed by atoms with E-state index in [-0.39, 0.29) is 41.8 Å². The number of ether oxygens (including phenoxy) is 1. The van der Waals surface area contributed by atoms with E-state index in [0.29, 0.717) is 11.1 Å². The van der Waals surface area contributed by atoms with Crippen LogP contribution in [0.2, 0.25) is 0 Å². The molecule has 1 aliphatic heterocycles. The molecule has 1 heterocycles. The van der Waals surface area contributed by atoms with Crippen molar-refractivity contribution in [3.8, 4) is 11.5 Å². The molecule has 0 aliphatic carbocycles. The number of ketones is 1. The number of hydrogen-bond acceptors (Lipinski definition) is 6. The van der Waals surface area contributed by atoms with Gasteiger partial charge in [-0.2, -0.15) is 0 Å². The van der Waals surface area contributed by atoms with E-state index in [1.807, 2.05) is 0 Å². The SMILES string of the molecule is COc1cc(C2/C(=C(\O)c3ccccc3)C(=O)C(=O)N2CCNC(C)=O)ccc1O. The van der Waals surface area contributed by atoms with Crippen LogP contribution in [0.25, 0.3) is 5.76 Å². The predicted octanol–water partition coefficient (Wildman–Crippen LogP) is 1.96. The van der Waals surface area contributed by atoms with Crippen molar-refractivity contribution < 1.29 is 29.3 Å². The van der Waals surface area contributed by atoms with Crippen molar-refractivity contribution in [2.45, 2.75) is 13.0 Å². The number of nitrogens with zero attached hydrogens (tertiary/aromatic N) is 1. The smallest absolute Gasteiger partial charge is 0.295 e. The molecule has 1 saturated heterocycles. The van der Waals surface area contributed by atoms with Gasteiger partial charge in [0.25, 0.3) is 11.7 Å². The van der Waals surface area contributed by atoms with E-state index in [9.17, 15) is 24.6 Å². The fourth-order valence-electron chi connectivity index (χ4n) is 3.43. The summed E-state index contributed by atoms with van der Waals surface area (Å²) in [4.78, 5) is 38.1. The quantitative estimate of drug-likeness (QED) is 0.381. The van der Waals surface area contributed by atoms with Crippen LogP contribution < -0.4 is 10.1 Å². The molecule has 1 atom stereocenters. The van der Waals surface area contributed by atoms with Crippen LogP contribution in [0.5, 0.6) is 11.5 Å². The van der Waals surface area contributed by atoms with Crippen molar-refractivity contribution in [3.05, 3.63) is 65.2 Å². The summed E-state index contributed by atoms with van der Waals surface area (Å²) in [5, 5.41) is 23.4. The molecule has 2 aromatic carbocycles. The zero-order valence-corrected chi connectivity index (χ0v) is 16.6. The van der Waals surface area contributed by atoms with Gasteiger partial charge in [-0.15, -0.1) is 0 Å². The Bertz CT molecular complexity index is 1020. The third kappa shape index (κ3) is 3.98. The second kappa shape index (κ2) is 8.69. The summed E-state index contributed by atoms with van der Waals surface area (Å²) in [6.07, 6.45) is 0. The van der Waals surface area contributed by atoms with Crippen LogP contribution in [0.15, 0.2) is 54.1 Å². The van der Waals surface area contributed by atoms with E-state index in [1.54, 1.807) is 36.4 Å². The molecule has 0 radical (unpaired) electrons. The van der Waals surface area contributed by atoms with Crippen LogP contribution in [-0.2, 0) is 14.4 Å². The lowest BCUT2D eigenvalue weighted by atomic mass is 9.95. The van der Waals surface area contributed by atoms with E-state index in [1.165, 1.54) is 31.1 Å². The molecule has 1 fully saturated rings. The molecule has 0 saturated carbocycles. The van der Waals surface area contributed by atoms with Gasteiger partial charge in [-0.25, -0.2) is 0 Å². The highest BCUT2D eigenvalue weighted by Gasteiger charge is 2.46. The lowest BCUT2D eigenvalue weighted by molar-refractivity contribution is -0.140. The molecule has 156 valence electrons. The fourth-order valence-corrected chi connectivity index (χ4v) is 3.43. The van der Waals surface area contributed by atoms with E-state index in [2.05, 4.69) is 5.32 Å². The van der Waals surface area contributed by atoms with Gasteiger partial charge in [0.05, 0.1) is 18.7 Å². The average Bonchev–Trinajstić information content (AvgIpc) is 2.99. The first-order chi connectivity index (χ1) is 14.3. The van der Waals surface area contributed by atoms with Gasteiger partial charge in [-0.05, 0) is 17.7 Å². The number of hydrogen-bond donors (Lipinski definition) is 3. The van der Waals surface area contributed by atoms with Crippen molar-refractivity contribution in [2.75, 3.05) is 20.2 Å². The van der Waals surface area contributed by atoms with Gasteiger partial charge < -0.3 is 25.2 Å². The number of aliphatic hydroxyl groups is 1. The highest BCUT2D eigenvalue weighted by atomic mass is 16.5. The minimum Gasteiger partial charge on any atom is -0.507 e. The molecule has 3 rings (SSSR count). The van der Waals surface area contributed by atoms with Gasteiger partial charge in [0, 0.05) is 25.6 Å². The zero-order valence-electron chi connectivity index (χ0n) is 16.6. The van der Waals surface area contributed by atoms with Crippen molar-refractivity contribution in [2.24, 2.45) is 0 Å². The van der Waals surface area contributed by atoms with Crippen molar-refractivity contribution >= 4 is 23.4 Å². The van der Waals surface area contributed by atoms with E-state index in [4.69, 9.17) is 4.74 Å². The van der Waals surface area contributed by atoms with Crippen LogP contribution in [0.1, 0.15) is 24.1 Å². The van der Waals surface area contributed by atoms with Crippen LogP contribution in [0, 0.1) is 0 Å². The number of methoxy groups -OCH3 is 1. The highest BCUT2D eigenvalue weighted by molar-refractivity contribution is 6.46. The van der Waals surface area contributed by atoms with Crippen LogP contribution in [0.3, 0.4) is 0 Å². The first-order valence-corrected chi connectivity index (χ1v) is 9.30. The Kier molecular flexibility index (Phi) is 6.06. The van der Waals surface area contributed by atoms with E-state index in [0.717, 1.165) is 0 Å².